The van der Waals surface area contributed by atoms with Crippen LogP contribution in [0.15, 0.2) is 30.3 Å². The Balaban J connectivity index is 1.33. The lowest BCUT2D eigenvalue weighted by Gasteiger charge is -2.67. The molecule has 1 aromatic carbocycles. The number of likely N-dealkylation sites (tertiary alicyclic amines) is 1. The third kappa shape index (κ3) is 2.64. The normalized spacial score (nSPS) is 54.6. The van der Waals surface area contributed by atoms with Gasteiger partial charge in [-0.15, -0.1) is 0 Å². The lowest BCUT2D eigenvalue weighted by Crippen LogP contribution is -2.75. The number of fused-ring (bicyclic) bond motifs is 1. The van der Waals surface area contributed by atoms with E-state index in [-0.39, 0.29) is 58.9 Å². The van der Waals surface area contributed by atoms with E-state index < -0.39 is 29.4 Å². The Morgan fingerprint density at radius 2 is 1.85 bits per heavy atom. The number of ether oxygens (including phenoxy) is 6. The molecule has 7 fully saturated rings. The molecule has 8 rings (SSSR count). The van der Waals surface area contributed by atoms with E-state index in [1.165, 1.54) is 0 Å². The van der Waals surface area contributed by atoms with Crippen LogP contribution in [0.3, 0.4) is 0 Å². The number of epoxide rings is 1. The third-order valence-corrected chi connectivity index (χ3v) is 12.7. The first-order valence-corrected chi connectivity index (χ1v) is 14.7. The molecule has 0 amide bonds. The van der Waals surface area contributed by atoms with Crippen molar-refractivity contribution in [2.75, 3.05) is 48.6 Å². The van der Waals surface area contributed by atoms with Gasteiger partial charge in [-0.3, -0.25) is 0 Å². The molecule has 2 aliphatic heterocycles. The predicted molar refractivity (Wildman–Crippen MR) is 142 cm³/mol. The number of hydrogen-bond acceptors (Lipinski definition) is 9. The molecule has 7 bridgehead atoms. The number of nitrogens with zero attached hydrogens (tertiary/aromatic N) is 1. The Hall–Kier alpha value is -1.59. The Bertz CT molecular complexity index is 1210. The van der Waals surface area contributed by atoms with E-state index >= 15 is 0 Å². The maximum atomic E-state index is 13.5. The highest BCUT2D eigenvalue weighted by molar-refractivity contribution is 5.89. The SMILES string of the molecule is COC[C@@]12CCC(OC)C34[C@@H]5CC6(O)C(OC(=O)c7ccccc7)[C@@H]5[C@@]5(O[C@@H]5[C@H]6OC)[C@@H](C(OC)[C@@H]31)[C@@H]4N(C)C2. The summed E-state index contributed by atoms with van der Waals surface area (Å²) in [5, 5.41) is 12.6. The highest BCUT2D eigenvalue weighted by Gasteiger charge is 2.95. The largest absolute Gasteiger partial charge is 0.455 e. The molecule has 2 saturated heterocycles. The summed E-state index contributed by atoms with van der Waals surface area (Å²) in [5.74, 6) is -0.435. The van der Waals surface area contributed by atoms with Gasteiger partial charge in [0.1, 0.15) is 29.5 Å². The van der Waals surface area contributed by atoms with E-state index in [1.807, 2.05) is 32.4 Å². The fourth-order valence-corrected chi connectivity index (χ4v) is 12.2. The van der Waals surface area contributed by atoms with Gasteiger partial charge in [-0.25, -0.2) is 4.79 Å². The van der Waals surface area contributed by atoms with Gasteiger partial charge >= 0.3 is 5.97 Å². The monoisotopic (exact) mass is 555 g/mol. The molecule has 5 unspecified atom stereocenters. The smallest absolute Gasteiger partial charge is 0.338 e. The molecule has 218 valence electrons. The van der Waals surface area contributed by atoms with Crippen LogP contribution in [0.5, 0.6) is 0 Å². The fourth-order valence-electron chi connectivity index (χ4n) is 12.2. The van der Waals surface area contributed by atoms with Crippen LogP contribution in [0.1, 0.15) is 29.6 Å². The molecule has 2 heterocycles. The number of benzene rings is 1. The number of esters is 1. The van der Waals surface area contributed by atoms with E-state index in [2.05, 4.69) is 11.9 Å². The van der Waals surface area contributed by atoms with Gasteiger partial charge in [-0.05, 0) is 44.4 Å². The first kappa shape index (κ1) is 26.1. The average molecular weight is 556 g/mol. The van der Waals surface area contributed by atoms with E-state index in [1.54, 1.807) is 26.4 Å². The summed E-state index contributed by atoms with van der Waals surface area (Å²) < 4.78 is 38.2. The van der Waals surface area contributed by atoms with Crippen molar-refractivity contribution in [3.63, 3.8) is 0 Å². The number of carbonyl (C=O) groups excluding carboxylic acids is 1. The van der Waals surface area contributed by atoms with Crippen LogP contribution in [-0.2, 0) is 28.4 Å². The van der Waals surface area contributed by atoms with Crippen LogP contribution in [0.25, 0.3) is 0 Å². The van der Waals surface area contributed by atoms with Crippen molar-refractivity contribution < 1.29 is 38.3 Å². The highest BCUT2D eigenvalue weighted by atomic mass is 16.7. The molecule has 1 aromatic rings. The Labute approximate surface area is 235 Å². The zero-order valence-corrected chi connectivity index (χ0v) is 23.9. The molecule has 5 saturated carbocycles. The summed E-state index contributed by atoms with van der Waals surface area (Å²) >= 11 is 0. The number of carbonyl (C=O) groups is 1. The molecule has 40 heavy (non-hydrogen) atoms. The lowest BCUT2D eigenvalue weighted by molar-refractivity contribution is -0.249. The molecule has 14 atom stereocenters. The lowest BCUT2D eigenvalue weighted by atomic mass is 9.43. The van der Waals surface area contributed by atoms with Crippen molar-refractivity contribution in [1.82, 2.24) is 4.90 Å². The third-order valence-electron chi connectivity index (χ3n) is 12.7. The maximum absolute atomic E-state index is 13.5. The van der Waals surface area contributed by atoms with Crippen molar-refractivity contribution in [2.45, 2.75) is 67.0 Å². The van der Waals surface area contributed by atoms with E-state index in [4.69, 9.17) is 28.4 Å². The van der Waals surface area contributed by atoms with Gasteiger partial charge < -0.3 is 38.4 Å². The number of piperidine rings is 1. The second kappa shape index (κ2) is 8.28. The van der Waals surface area contributed by atoms with Crippen LogP contribution < -0.4 is 0 Å². The zero-order chi connectivity index (χ0) is 27.8. The number of hydrogen-bond donors (Lipinski definition) is 1. The molecule has 1 N–H and O–H groups in total. The van der Waals surface area contributed by atoms with Crippen molar-refractivity contribution in [3.8, 4) is 0 Å². The molecule has 7 aliphatic rings. The van der Waals surface area contributed by atoms with Crippen molar-refractivity contribution in [2.24, 2.45) is 34.5 Å². The first-order chi connectivity index (χ1) is 19.3. The average Bonchev–Trinajstić information content (AvgIpc) is 3.53. The van der Waals surface area contributed by atoms with Gasteiger partial charge in [-0.1, -0.05) is 18.2 Å². The molecular formula is C31H41NO8. The van der Waals surface area contributed by atoms with Gasteiger partial charge in [0.15, 0.2) is 0 Å². The molecule has 2 spiro atoms. The summed E-state index contributed by atoms with van der Waals surface area (Å²) in [6.45, 7) is 1.57. The minimum atomic E-state index is -1.37. The molecule has 9 nitrogen and oxygen atoms in total. The quantitative estimate of drug-likeness (QED) is 0.399. The molecule has 0 aromatic heterocycles. The Morgan fingerprint density at radius 1 is 1.07 bits per heavy atom. The molecular weight excluding hydrogens is 514 g/mol. The minimum Gasteiger partial charge on any atom is -0.455 e. The first-order valence-electron chi connectivity index (χ1n) is 14.7. The van der Waals surface area contributed by atoms with Crippen molar-refractivity contribution >= 4 is 5.97 Å². The Morgan fingerprint density at radius 3 is 2.52 bits per heavy atom. The fraction of sp³-hybridized carbons (Fsp3) is 0.774. The standard InChI is InChI=1S/C31H41NO8/c1-32-14-28(15-35-2)12-11-18(36-3)30-17-13-29(34)24(39-27(33)16-9-7-6-8-10-16)19(17)31(26(40-31)25(29)38-5)20(23(30)32)21(37-4)22(28)30/h6-10,17-26,34H,11-15H2,1-5H3/t17-,18?,19-,20+,21?,22-,23+,24?,25-,26-,28+,29?,30?,31-/m1/s1. The topological polar surface area (TPSA) is 99.2 Å². The van der Waals surface area contributed by atoms with Crippen LogP contribution in [0.2, 0.25) is 0 Å². The summed E-state index contributed by atoms with van der Waals surface area (Å²) in [5.41, 5.74) is -1.94. The van der Waals surface area contributed by atoms with Gasteiger partial charge in [-0.2, -0.15) is 0 Å². The summed E-state index contributed by atoms with van der Waals surface area (Å²) in [6, 6.07) is 9.18. The number of methoxy groups -OCH3 is 4. The molecule has 9 heteroatoms. The second-order valence-corrected chi connectivity index (χ2v) is 13.7. The Kier molecular flexibility index (Phi) is 5.39. The van der Waals surface area contributed by atoms with Crippen LogP contribution >= 0.6 is 0 Å². The predicted octanol–water partition coefficient (Wildman–Crippen LogP) is 1.76. The van der Waals surface area contributed by atoms with Crippen molar-refractivity contribution in [3.05, 3.63) is 35.9 Å². The van der Waals surface area contributed by atoms with Gasteiger partial charge in [0.05, 0.1) is 24.4 Å². The van der Waals surface area contributed by atoms with Crippen LogP contribution in [0.4, 0.5) is 0 Å². The maximum Gasteiger partial charge on any atom is 0.338 e. The second-order valence-electron chi connectivity index (χ2n) is 13.7. The van der Waals surface area contributed by atoms with Gasteiger partial charge in [0.2, 0.25) is 0 Å². The van der Waals surface area contributed by atoms with E-state index in [0.29, 0.717) is 18.6 Å². The summed E-state index contributed by atoms with van der Waals surface area (Å²) in [4.78, 5) is 16.1. The van der Waals surface area contributed by atoms with Gasteiger partial charge in [0, 0.05) is 69.6 Å². The zero-order valence-electron chi connectivity index (χ0n) is 23.9. The van der Waals surface area contributed by atoms with Crippen LogP contribution in [-0.4, -0.2) is 112 Å². The van der Waals surface area contributed by atoms with Crippen LogP contribution in [0, 0.1) is 34.5 Å². The summed E-state index contributed by atoms with van der Waals surface area (Å²) in [6.07, 6.45) is 0.639. The number of aliphatic hydroxyl groups is 1. The minimum absolute atomic E-state index is 0.00754. The van der Waals surface area contributed by atoms with E-state index in [0.717, 1.165) is 19.4 Å². The van der Waals surface area contributed by atoms with E-state index in [9.17, 15) is 9.90 Å². The molecule has 5 aliphatic carbocycles. The van der Waals surface area contributed by atoms with Gasteiger partial charge in [0.25, 0.3) is 0 Å². The van der Waals surface area contributed by atoms with Crippen molar-refractivity contribution in [1.29, 1.82) is 0 Å². The molecule has 0 radical (unpaired) electrons. The summed E-state index contributed by atoms with van der Waals surface area (Å²) in [7, 11) is 9.32. The number of rotatable bonds is 7. The highest BCUT2D eigenvalue weighted by Crippen LogP contribution is 2.83.